The second-order valence-electron chi connectivity index (χ2n) is 2.73. The molecule has 0 fully saturated rings. The van der Waals surface area contributed by atoms with Gasteiger partial charge < -0.3 is 9.84 Å². The highest BCUT2D eigenvalue weighted by atomic mass is 35.5. The zero-order chi connectivity index (χ0) is 7.84. The molecule has 0 aromatic rings. The average molecular weight is 173 g/mol. The molecule has 2 atom stereocenters. The van der Waals surface area contributed by atoms with Gasteiger partial charge in [0.1, 0.15) is 0 Å². The molecule has 1 aliphatic heterocycles. The number of hydrogen-bond donors (Lipinski definition) is 1. The molecule has 1 aliphatic carbocycles. The first-order valence-electron chi connectivity index (χ1n) is 3.66. The molecule has 2 rings (SSSR count). The van der Waals surface area contributed by atoms with Crippen LogP contribution in [0.3, 0.4) is 0 Å². The summed E-state index contributed by atoms with van der Waals surface area (Å²) in [6.07, 6.45) is 5.03. The largest absolute Gasteiger partial charge is 0.364 e. The number of hydrogen-bond acceptors (Lipinski definition) is 2. The van der Waals surface area contributed by atoms with Gasteiger partial charge in [-0.3, -0.25) is 0 Å². The second kappa shape index (κ2) is 2.63. The summed E-state index contributed by atoms with van der Waals surface area (Å²) < 4.78 is 5.00. The molecule has 0 radical (unpaired) electrons. The van der Waals surface area contributed by atoms with Gasteiger partial charge in [0.05, 0.1) is 0 Å². The standard InChI is InChI=1S/C8H9ClO2/c9-7-5-3-1-2-4-6(5)8(10)11-7/h2,4,7-8,10H,1,3H2/t7-,8?/m1/s1. The van der Waals surface area contributed by atoms with Gasteiger partial charge in [-0.1, -0.05) is 23.8 Å². The topological polar surface area (TPSA) is 29.5 Å². The van der Waals surface area contributed by atoms with Crippen LogP contribution in [0, 0.1) is 0 Å². The van der Waals surface area contributed by atoms with E-state index in [1.807, 2.05) is 12.2 Å². The lowest BCUT2D eigenvalue weighted by atomic mass is 10.00. The van der Waals surface area contributed by atoms with Crippen molar-refractivity contribution in [3.05, 3.63) is 23.3 Å². The SMILES string of the molecule is OC1O[C@@H](Cl)C2=C1C=CCC2. The Labute approximate surface area is 70.1 Å². The zero-order valence-electron chi connectivity index (χ0n) is 5.96. The fourth-order valence-electron chi connectivity index (χ4n) is 1.45. The lowest BCUT2D eigenvalue weighted by molar-refractivity contribution is -0.0564. The molecule has 0 aromatic carbocycles. The van der Waals surface area contributed by atoms with Crippen molar-refractivity contribution in [1.82, 2.24) is 0 Å². The van der Waals surface area contributed by atoms with Gasteiger partial charge in [-0.05, 0) is 18.4 Å². The Hall–Kier alpha value is -0.310. The highest BCUT2D eigenvalue weighted by Gasteiger charge is 2.30. The Kier molecular flexibility index (Phi) is 1.75. The number of allylic oxidation sites excluding steroid dienone is 1. The molecule has 0 amide bonds. The van der Waals surface area contributed by atoms with E-state index >= 15 is 0 Å². The summed E-state index contributed by atoms with van der Waals surface area (Å²) in [5, 5.41) is 9.28. The van der Waals surface area contributed by atoms with Crippen molar-refractivity contribution in [3.8, 4) is 0 Å². The maximum Gasteiger partial charge on any atom is 0.183 e. The third-order valence-corrected chi connectivity index (χ3v) is 2.40. The summed E-state index contributed by atoms with van der Waals surface area (Å²) in [6, 6.07) is 0. The van der Waals surface area contributed by atoms with E-state index in [0.717, 1.165) is 24.0 Å². The van der Waals surface area contributed by atoms with E-state index in [1.165, 1.54) is 0 Å². The number of aliphatic hydroxyl groups is 1. The Morgan fingerprint density at radius 1 is 1.64 bits per heavy atom. The third kappa shape index (κ3) is 1.11. The van der Waals surface area contributed by atoms with E-state index in [0.29, 0.717) is 0 Å². The number of rotatable bonds is 0. The van der Waals surface area contributed by atoms with Crippen molar-refractivity contribution in [2.24, 2.45) is 0 Å². The van der Waals surface area contributed by atoms with Crippen LogP contribution in [-0.2, 0) is 4.74 Å². The van der Waals surface area contributed by atoms with E-state index < -0.39 is 11.9 Å². The van der Waals surface area contributed by atoms with Gasteiger partial charge >= 0.3 is 0 Å². The number of aliphatic hydroxyl groups excluding tert-OH is 1. The van der Waals surface area contributed by atoms with Crippen LogP contribution >= 0.6 is 11.6 Å². The molecule has 11 heavy (non-hydrogen) atoms. The Morgan fingerprint density at radius 3 is 3.18 bits per heavy atom. The van der Waals surface area contributed by atoms with Crippen molar-refractivity contribution >= 4 is 11.6 Å². The van der Waals surface area contributed by atoms with Crippen LogP contribution in [0.25, 0.3) is 0 Å². The predicted molar refractivity (Wildman–Crippen MR) is 42.1 cm³/mol. The summed E-state index contributed by atoms with van der Waals surface area (Å²) in [5.41, 5.74) is 1.49. The van der Waals surface area contributed by atoms with E-state index in [2.05, 4.69) is 0 Å². The molecular weight excluding hydrogens is 164 g/mol. The minimum Gasteiger partial charge on any atom is -0.364 e. The van der Waals surface area contributed by atoms with Gasteiger partial charge in [0.25, 0.3) is 0 Å². The van der Waals surface area contributed by atoms with E-state index in [9.17, 15) is 5.11 Å². The number of halogens is 1. The molecule has 60 valence electrons. The predicted octanol–water partition coefficient (Wildman–Crippen LogP) is 1.55. The number of alkyl halides is 1. The average Bonchev–Trinajstić information content (AvgIpc) is 2.30. The normalized spacial score (nSPS) is 36.2. The fourth-order valence-corrected chi connectivity index (χ4v) is 1.79. The molecule has 0 aromatic heterocycles. The summed E-state index contributed by atoms with van der Waals surface area (Å²) in [4.78, 5) is 0. The number of ether oxygens (including phenoxy) is 1. The molecule has 3 heteroatoms. The minimum absolute atomic E-state index is 0.412. The smallest absolute Gasteiger partial charge is 0.183 e. The van der Waals surface area contributed by atoms with E-state index in [4.69, 9.17) is 16.3 Å². The van der Waals surface area contributed by atoms with Crippen LogP contribution in [0.4, 0.5) is 0 Å². The maximum absolute atomic E-state index is 9.28. The van der Waals surface area contributed by atoms with Crippen LogP contribution in [0.5, 0.6) is 0 Å². The Bertz CT molecular complexity index is 232. The lowest BCUT2D eigenvalue weighted by Gasteiger charge is -2.07. The monoisotopic (exact) mass is 172 g/mol. The van der Waals surface area contributed by atoms with Crippen molar-refractivity contribution in [2.75, 3.05) is 0 Å². The molecular formula is C8H9ClO2. The van der Waals surface area contributed by atoms with Gasteiger partial charge in [0.15, 0.2) is 11.9 Å². The third-order valence-electron chi connectivity index (χ3n) is 2.04. The zero-order valence-corrected chi connectivity index (χ0v) is 6.71. The van der Waals surface area contributed by atoms with Crippen LogP contribution in [-0.4, -0.2) is 17.0 Å². The molecule has 2 aliphatic rings. The van der Waals surface area contributed by atoms with Gasteiger partial charge in [-0.25, -0.2) is 0 Å². The van der Waals surface area contributed by atoms with Gasteiger partial charge in [0, 0.05) is 5.57 Å². The molecule has 0 saturated carbocycles. The van der Waals surface area contributed by atoms with Crippen LogP contribution in [0.2, 0.25) is 0 Å². The van der Waals surface area contributed by atoms with Crippen LogP contribution in [0.15, 0.2) is 23.3 Å². The first-order chi connectivity index (χ1) is 5.29. The first kappa shape index (κ1) is 7.35. The van der Waals surface area contributed by atoms with Crippen molar-refractivity contribution < 1.29 is 9.84 Å². The molecule has 1 N–H and O–H groups in total. The van der Waals surface area contributed by atoms with E-state index in [-0.39, 0.29) is 0 Å². The van der Waals surface area contributed by atoms with Crippen LogP contribution < -0.4 is 0 Å². The Balaban J connectivity index is 2.33. The lowest BCUT2D eigenvalue weighted by Crippen LogP contribution is -2.08. The van der Waals surface area contributed by atoms with Gasteiger partial charge in [-0.2, -0.15) is 0 Å². The summed E-state index contributed by atoms with van der Waals surface area (Å²) in [7, 11) is 0. The molecule has 0 spiro atoms. The van der Waals surface area contributed by atoms with Gasteiger partial charge in [-0.15, -0.1) is 0 Å². The molecule has 0 saturated heterocycles. The summed E-state index contributed by atoms with van der Waals surface area (Å²) in [6.45, 7) is 0. The van der Waals surface area contributed by atoms with Crippen LogP contribution in [0.1, 0.15) is 12.8 Å². The van der Waals surface area contributed by atoms with Crippen molar-refractivity contribution in [3.63, 3.8) is 0 Å². The maximum atomic E-state index is 9.28. The molecule has 0 bridgehead atoms. The highest BCUT2D eigenvalue weighted by molar-refractivity contribution is 6.21. The highest BCUT2D eigenvalue weighted by Crippen LogP contribution is 2.34. The molecule has 1 heterocycles. The Morgan fingerprint density at radius 2 is 2.45 bits per heavy atom. The summed E-state index contributed by atoms with van der Waals surface area (Å²) >= 11 is 5.81. The minimum atomic E-state index is -0.802. The fraction of sp³-hybridized carbons (Fsp3) is 0.500. The molecule has 1 unspecified atom stereocenters. The second-order valence-corrected chi connectivity index (χ2v) is 3.12. The van der Waals surface area contributed by atoms with E-state index in [1.54, 1.807) is 0 Å². The van der Waals surface area contributed by atoms with Crippen molar-refractivity contribution in [1.29, 1.82) is 0 Å². The molecule has 2 nitrogen and oxygen atoms in total. The van der Waals surface area contributed by atoms with Crippen molar-refractivity contribution in [2.45, 2.75) is 24.7 Å². The summed E-state index contributed by atoms with van der Waals surface area (Å²) in [5.74, 6) is 0. The quantitative estimate of drug-likeness (QED) is 0.562. The first-order valence-corrected chi connectivity index (χ1v) is 4.10. The van der Waals surface area contributed by atoms with Gasteiger partial charge in [0.2, 0.25) is 0 Å².